The van der Waals surface area contributed by atoms with Crippen molar-refractivity contribution in [1.82, 2.24) is 4.90 Å². The molecule has 0 spiro atoms. The van der Waals surface area contributed by atoms with Crippen molar-refractivity contribution < 1.29 is 18.0 Å². The van der Waals surface area contributed by atoms with Gasteiger partial charge >= 0.3 is 6.18 Å². The van der Waals surface area contributed by atoms with Gasteiger partial charge in [-0.3, -0.25) is 4.79 Å². The van der Waals surface area contributed by atoms with Gasteiger partial charge in [0.05, 0.1) is 11.1 Å². The molecule has 1 heterocycles. The molecule has 116 valence electrons. The Morgan fingerprint density at radius 2 is 2.10 bits per heavy atom. The number of anilines is 1. The molecule has 2 N–H and O–H groups in total. The molecule has 1 unspecified atom stereocenters. The second kappa shape index (κ2) is 5.55. The number of primary amides is 1. The Kier molecular flexibility index (Phi) is 4.13. The number of amides is 1. The molecule has 0 bridgehead atoms. The first-order valence-electron chi connectivity index (χ1n) is 6.62. The van der Waals surface area contributed by atoms with Crippen LogP contribution in [0.1, 0.15) is 22.3 Å². The largest absolute Gasteiger partial charge is 0.416 e. The van der Waals surface area contributed by atoms with Crippen molar-refractivity contribution in [3.8, 4) is 0 Å². The Morgan fingerprint density at radius 1 is 1.43 bits per heavy atom. The SMILES string of the molecule is CN1CCC(N(C)c2ccc(C(F)(F)F)cc2C(N)=O)C1. The molecule has 1 aliphatic rings. The van der Waals surface area contributed by atoms with E-state index in [1.807, 2.05) is 11.9 Å². The Labute approximate surface area is 121 Å². The molecule has 2 rings (SSSR count). The van der Waals surface area contributed by atoms with Crippen LogP contribution in [0.3, 0.4) is 0 Å². The number of halogens is 3. The third-order valence-electron chi connectivity index (χ3n) is 3.88. The first kappa shape index (κ1) is 15.6. The average Bonchev–Trinajstić information content (AvgIpc) is 2.82. The van der Waals surface area contributed by atoms with Crippen molar-refractivity contribution in [2.45, 2.75) is 18.6 Å². The van der Waals surface area contributed by atoms with Gasteiger partial charge in [0.1, 0.15) is 0 Å². The number of hydrogen-bond acceptors (Lipinski definition) is 3. The predicted octanol–water partition coefficient (Wildman–Crippen LogP) is 1.94. The first-order chi connectivity index (χ1) is 9.70. The highest BCUT2D eigenvalue weighted by Gasteiger charge is 2.33. The van der Waals surface area contributed by atoms with Crippen LogP contribution in [0.2, 0.25) is 0 Å². The molecule has 0 saturated carbocycles. The Morgan fingerprint density at radius 3 is 2.57 bits per heavy atom. The summed E-state index contributed by atoms with van der Waals surface area (Å²) in [6.45, 7) is 1.72. The smallest absolute Gasteiger partial charge is 0.370 e. The van der Waals surface area contributed by atoms with Crippen LogP contribution >= 0.6 is 0 Å². The van der Waals surface area contributed by atoms with E-state index in [1.54, 1.807) is 7.05 Å². The van der Waals surface area contributed by atoms with E-state index in [0.29, 0.717) is 5.69 Å². The van der Waals surface area contributed by atoms with Gasteiger partial charge in [0.25, 0.3) is 5.91 Å². The summed E-state index contributed by atoms with van der Waals surface area (Å²) in [7, 11) is 3.76. The number of rotatable bonds is 3. The molecule has 0 radical (unpaired) electrons. The molecule has 7 heteroatoms. The number of nitrogens with two attached hydrogens (primary N) is 1. The van der Waals surface area contributed by atoms with Gasteiger partial charge in [0, 0.05) is 25.3 Å². The van der Waals surface area contributed by atoms with E-state index >= 15 is 0 Å². The maximum absolute atomic E-state index is 12.7. The number of hydrogen-bond donors (Lipinski definition) is 1. The van der Waals surface area contributed by atoms with E-state index in [-0.39, 0.29) is 11.6 Å². The van der Waals surface area contributed by atoms with E-state index in [1.165, 1.54) is 6.07 Å². The van der Waals surface area contributed by atoms with Crippen LogP contribution in [-0.2, 0) is 6.18 Å². The Balaban J connectivity index is 2.37. The summed E-state index contributed by atoms with van der Waals surface area (Å²) in [4.78, 5) is 15.5. The number of likely N-dealkylation sites (tertiary alicyclic amines) is 1. The van der Waals surface area contributed by atoms with E-state index in [9.17, 15) is 18.0 Å². The van der Waals surface area contributed by atoms with E-state index in [2.05, 4.69) is 4.90 Å². The number of carbonyl (C=O) groups is 1. The molecule has 0 aliphatic carbocycles. The summed E-state index contributed by atoms with van der Waals surface area (Å²) in [5.41, 5.74) is 4.73. The van der Waals surface area contributed by atoms with Gasteiger partial charge in [-0.2, -0.15) is 13.2 Å². The number of nitrogens with zero attached hydrogens (tertiary/aromatic N) is 2. The lowest BCUT2D eigenvalue weighted by molar-refractivity contribution is -0.137. The average molecular weight is 301 g/mol. The summed E-state index contributed by atoms with van der Waals surface area (Å²) in [6.07, 6.45) is -3.60. The number of likely N-dealkylation sites (N-methyl/N-ethyl adjacent to an activating group) is 2. The Hall–Kier alpha value is -1.76. The Bertz CT molecular complexity index is 545. The van der Waals surface area contributed by atoms with Gasteiger partial charge in [-0.15, -0.1) is 0 Å². The highest BCUT2D eigenvalue weighted by molar-refractivity contribution is 5.99. The molecular formula is C14H18F3N3O. The predicted molar refractivity (Wildman–Crippen MR) is 74.3 cm³/mol. The van der Waals surface area contributed by atoms with Crippen LogP contribution in [0.4, 0.5) is 18.9 Å². The molecule has 1 aromatic carbocycles. The number of benzene rings is 1. The highest BCUT2D eigenvalue weighted by atomic mass is 19.4. The second-order valence-corrected chi connectivity index (χ2v) is 5.41. The zero-order valence-corrected chi connectivity index (χ0v) is 11.9. The third-order valence-corrected chi connectivity index (χ3v) is 3.88. The molecule has 1 atom stereocenters. The molecule has 1 aliphatic heterocycles. The topological polar surface area (TPSA) is 49.6 Å². The van der Waals surface area contributed by atoms with Crippen molar-refractivity contribution in [2.24, 2.45) is 5.73 Å². The first-order valence-corrected chi connectivity index (χ1v) is 6.62. The summed E-state index contributed by atoms with van der Waals surface area (Å²) in [5.74, 6) is -0.852. The minimum atomic E-state index is -4.49. The van der Waals surface area contributed by atoms with Crippen molar-refractivity contribution in [2.75, 3.05) is 32.1 Å². The van der Waals surface area contributed by atoms with E-state index < -0.39 is 17.6 Å². The minimum absolute atomic E-state index is 0.0955. The molecule has 1 saturated heterocycles. The van der Waals surface area contributed by atoms with Crippen LogP contribution in [-0.4, -0.2) is 44.0 Å². The summed E-state index contributed by atoms with van der Waals surface area (Å²) < 4.78 is 38.2. The summed E-state index contributed by atoms with van der Waals surface area (Å²) in [6, 6.07) is 3.29. The van der Waals surface area contributed by atoms with Gasteiger partial charge in [-0.1, -0.05) is 0 Å². The van der Waals surface area contributed by atoms with Crippen LogP contribution in [0.25, 0.3) is 0 Å². The molecule has 4 nitrogen and oxygen atoms in total. The lowest BCUT2D eigenvalue weighted by Gasteiger charge is -2.28. The molecule has 1 amide bonds. The van der Waals surface area contributed by atoms with Gasteiger partial charge < -0.3 is 15.5 Å². The van der Waals surface area contributed by atoms with Gasteiger partial charge in [-0.05, 0) is 38.2 Å². The minimum Gasteiger partial charge on any atom is -0.370 e. The second-order valence-electron chi connectivity index (χ2n) is 5.41. The third kappa shape index (κ3) is 3.29. The molecule has 1 aromatic rings. The molecular weight excluding hydrogens is 283 g/mol. The van der Waals surface area contributed by atoms with Gasteiger partial charge in [-0.25, -0.2) is 0 Å². The van der Waals surface area contributed by atoms with Crippen LogP contribution < -0.4 is 10.6 Å². The van der Waals surface area contributed by atoms with E-state index in [0.717, 1.165) is 31.6 Å². The molecule has 0 aromatic heterocycles. The lowest BCUT2D eigenvalue weighted by atomic mass is 10.1. The number of alkyl halides is 3. The van der Waals surface area contributed by atoms with Gasteiger partial charge in [0.2, 0.25) is 0 Å². The fourth-order valence-corrected chi connectivity index (χ4v) is 2.64. The van der Waals surface area contributed by atoms with Gasteiger partial charge in [0.15, 0.2) is 0 Å². The van der Waals surface area contributed by atoms with E-state index in [4.69, 9.17) is 5.73 Å². The maximum Gasteiger partial charge on any atom is 0.416 e. The summed E-state index contributed by atoms with van der Waals surface area (Å²) in [5, 5.41) is 0. The standard InChI is InChI=1S/C14H18F3N3O/c1-19-6-5-10(8-19)20(2)12-4-3-9(14(15,16)17)7-11(12)13(18)21/h3-4,7,10H,5-6,8H2,1-2H3,(H2,18,21). The lowest BCUT2D eigenvalue weighted by Crippen LogP contribution is -2.35. The van der Waals surface area contributed by atoms with Crippen molar-refractivity contribution in [3.05, 3.63) is 29.3 Å². The highest BCUT2D eigenvalue weighted by Crippen LogP contribution is 2.33. The number of carbonyl (C=O) groups excluding carboxylic acids is 1. The quantitative estimate of drug-likeness (QED) is 0.928. The van der Waals surface area contributed by atoms with Crippen molar-refractivity contribution in [1.29, 1.82) is 0 Å². The van der Waals surface area contributed by atoms with Crippen LogP contribution in [0, 0.1) is 0 Å². The van der Waals surface area contributed by atoms with Crippen molar-refractivity contribution >= 4 is 11.6 Å². The van der Waals surface area contributed by atoms with Crippen LogP contribution in [0.5, 0.6) is 0 Å². The molecule has 1 fully saturated rings. The molecule has 21 heavy (non-hydrogen) atoms. The zero-order chi connectivity index (χ0) is 15.8. The fourth-order valence-electron chi connectivity index (χ4n) is 2.64. The maximum atomic E-state index is 12.7. The normalized spacial score (nSPS) is 19.8. The fraction of sp³-hybridized carbons (Fsp3) is 0.500. The summed E-state index contributed by atoms with van der Waals surface area (Å²) >= 11 is 0. The zero-order valence-electron chi connectivity index (χ0n) is 11.9. The van der Waals surface area contributed by atoms with Crippen LogP contribution in [0.15, 0.2) is 18.2 Å². The van der Waals surface area contributed by atoms with Crippen molar-refractivity contribution in [3.63, 3.8) is 0 Å². The monoisotopic (exact) mass is 301 g/mol.